The first-order valence-corrected chi connectivity index (χ1v) is 12.3. The SMILES string of the molecule is CNc1nc(C)nc(NC2CCCC(C(=O)NCc3ccc(N4CCCC4)cc3OC(F)(F)F)C2)n1. The van der Waals surface area contributed by atoms with Crippen LogP contribution in [0.15, 0.2) is 18.2 Å². The zero-order valence-corrected chi connectivity index (χ0v) is 20.5. The molecule has 9 nitrogen and oxygen atoms in total. The first-order chi connectivity index (χ1) is 17.2. The van der Waals surface area contributed by atoms with E-state index in [4.69, 9.17) is 0 Å². The molecule has 0 radical (unpaired) electrons. The fourth-order valence-electron chi connectivity index (χ4n) is 4.81. The van der Waals surface area contributed by atoms with E-state index < -0.39 is 6.36 Å². The van der Waals surface area contributed by atoms with Crippen molar-refractivity contribution in [2.24, 2.45) is 5.92 Å². The van der Waals surface area contributed by atoms with Crippen molar-refractivity contribution in [3.63, 3.8) is 0 Å². The molecule has 2 fully saturated rings. The van der Waals surface area contributed by atoms with Crippen molar-refractivity contribution in [2.75, 3.05) is 35.7 Å². The van der Waals surface area contributed by atoms with Crippen LogP contribution in [0.25, 0.3) is 0 Å². The minimum atomic E-state index is -4.81. The number of rotatable bonds is 8. The van der Waals surface area contributed by atoms with Crippen LogP contribution in [-0.4, -0.2) is 53.4 Å². The fraction of sp³-hybridized carbons (Fsp3) is 0.583. The summed E-state index contributed by atoms with van der Waals surface area (Å²) < 4.78 is 43.5. The minimum absolute atomic E-state index is 0.00451. The topological polar surface area (TPSA) is 104 Å². The summed E-state index contributed by atoms with van der Waals surface area (Å²) in [5, 5.41) is 9.00. The molecular formula is C24H32F3N7O2. The molecule has 3 N–H and O–H groups in total. The molecule has 1 aromatic heterocycles. The maximum Gasteiger partial charge on any atom is 0.573 e. The van der Waals surface area contributed by atoms with Crippen molar-refractivity contribution in [3.05, 3.63) is 29.6 Å². The number of aryl methyl sites for hydroxylation is 1. The lowest BCUT2D eigenvalue weighted by Gasteiger charge is -2.29. The Hall–Kier alpha value is -3.31. The number of benzene rings is 1. The van der Waals surface area contributed by atoms with Crippen LogP contribution in [0, 0.1) is 12.8 Å². The second-order valence-electron chi connectivity index (χ2n) is 9.24. The first kappa shape index (κ1) is 25.8. The highest BCUT2D eigenvalue weighted by atomic mass is 19.4. The third-order valence-corrected chi connectivity index (χ3v) is 6.55. The number of anilines is 3. The minimum Gasteiger partial charge on any atom is -0.405 e. The number of hydrogen-bond acceptors (Lipinski definition) is 8. The Kier molecular flexibility index (Phi) is 8.00. The van der Waals surface area contributed by atoms with E-state index in [2.05, 4.69) is 35.6 Å². The van der Waals surface area contributed by atoms with Crippen LogP contribution < -0.4 is 25.6 Å². The van der Waals surface area contributed by atoms with Crippen molar-refractivity contribution in [3.8, 4) is 5.75 Å². The van der Waals surface area contributed by atoms with Crippen LogP contribution in [0.3, 0.4) is 0 Å². The fourth-order valence-corrected chi connectivity index (χ4v) is 4.81. The number of nitrogens with zero attached hydrogens (tertiary/aromatic N) is 4. The standard InChI is InChI=1S/C24H32F3N7O2/c1-15-30-22(28-2)33-23(31-15)32-18-7-5-6-16(12-18)21(35)29-14-17-8-9-19(34-10-3-4-11-34)13-20(17)36-24(25,26)27/h8-9,13,16,18H,3-7,10-12,14H2,1-2H3,(H,29,35)(H2,28,30,31,32,33). The summed E-state index contributed by atoms with van der Waals surface area (Å²) in [5.41, 5.74) is 0.979. The molecule has 1 aromatic carbocycles. The van der Waals surface area contributed by atoms with Gasteiger partial charge < -0.3 is 25.6 Å². The van der Waals surface area contributed by atoms with E-state index in [1.54, 1.807) is 26.1 Å². The van der Waals surface area contributed by atoms with Crippen molar-refractivity contribution >= 4 is 23.5 Å². The van der Waals surface area contributed by atoms with Gasteiger partial charge in [-0.2, -0.15) is 15.0 Å². The maximum atomic E-state index is 13.1. The molecule has 2 aliphatic rings. The molecule has 12 heteroatoms. The average molecular weight is 508 g/mol. The Morgan fingerprint density at radius 3 is 2.58 bits per heavy atom. The first-order valence-electron chi connectivity index (χ1n) is 12.3. The van der Waals surface area contributed by atoms with Gasteiger partial charge in [-0.05, 0) is 45.1 Å². The number of halogens is 3. The summed E-state index contributed by atoms with van der Waals surface area (Å²) in [6, 6.07) is 4.80. The van der Waals surface area contributed by atoms with Crippen molar-refractivity contribution in [1.29, 1.82) is 0 Å². The Morgan fingerprint density at radius 2 is 1.86 bits per heavy atom. The summed E-state index contributed by atoms with van der Waals surface area (Å²) in [4.78, 5) is 27.8. The summed E-state index contributed by atoms with van der Waals surface area (Å²) >= 11 is 0. The van der Waals surface area contributed by atoms with Crippen molar-refractivity contribution in [2.45, 2.75) is 64.4 Å². The van der Waals surface area contributed by atoms with Crippen molar-refractivity contribution in [1.82, 2.24) is 20.3 Å². The van der Waals surface area contributed by atoms with Gasteiger partial charge in [0.15, 0.2) is 0 Å². The van der Waals surface area contributed by atoms with E-state index in [0.29, 0.717) is 36.3 Å². The molecule has 1 saturated carbocycles. The number of carbonyl (C=O) groups is 1. The van der Waals surface area contributed by atoms with Gasteiger partial charge in [0.1, 0.15) is 11.6 Å². The normalized spacial score (nSPS) is 20.2. The Balaban J connectivity index is 1.38. The quantitative estimate of drug-likeness (QED) is 0.493. The van der Waals surface area contributed by atoms with Crippen LogP contribution in [0.4, 0.5) is 30.8 Å². The van der Waals surface area contributed by atoms with Crippen LogP contribution >= 0.6 is 0 Å². The smallest absolute Gasteiger partial charge is 0.405 e. The van der Waals surface area contributed by atoms with E-state index in [-0.39, 0.29) is 35.7 Å². The number of aromatic nitrogens is 3. The second kappa shape index (κ2) is 11.2. The molecular weight excluding hydrogens is 475 g/mol. The van der Waals surface area contributed by atoms with E-state index in [1.165, 1.54) is 6.07 Å². The second-order valence-corrected chi connectivity index (χ2v) is 9.24. The maximum absolute atomic E-state index is 13.1. The summed E-state index contributed by atoms with van der Waals surface area (Å²) in [5.74, 6) is 0.757. The number of nitrogens with one attached hydrogen (secondary N) is 3. The highest BCUT2D eigenvalue weighted by molar-refractivity contribution is 5.79. The van der Waals surface area contributed by atoms with Crippen LogP contribution in [-0.2, 0) is 11.3 Å². The van der Waals surface area contributed by atoms with Gasteiger partial charge in [-0.3, -0.25) is 4.79 Å². The lowest BCUT2D eigenvalue weighted by atomic mass is 9.85. The Morgan fingerprint density at radius 1 is 1.11 bits per heavy atom. The zero-order chi connectivity index (χ0) is 25.7. The third kappa shape index (κ3) is 6.88. The van der Waals surface area contributed by atoms with Gasteiger partial charge in [-0.15, -0.1) is 13.2 Å². The lowest BCUT2D eigenvalue weighted by molar-refractivity contribution is -0.274. The van der Waals surface area contributed by atoms with E-state index >= 15 is 0 Å². The molecule has 4 rings (SSSR count). The molecule has 1 amide bonds. The number of hydrogen-bond donors (Lipinski definition) is 3. The molecule has 196 valence electrons. The number of alkyl halides is 3. The lowest BCUT2D eigenvalue weighted by Crippen LogP contribution is -2.37. The molecule has 2 aromatic rings. The molecule has 2 heterocycles. The van der Waals surface area contributed by atoms with E-state index in [0.717, 1.165) is 38.8 Å². The van der Waals surface area contributed by atoms with Crippen LogP contribution in [0.5, 0.6) is 5.75 Å². The predicted octanol–water partition coefficient (Wildman–Crippen LogP) is 4.01. The highest BCUT2D eigenvalue weighted by Gasteiger charge is 2.33. The molecule has 2 unspecified atom stereocenters. The molecule has 1 saturated heterocycles. The monoisotopic (exact) mass is 507 g/mol. The van der Waals surface area contributed by atoms with Crippen LogP contribution in [0.1, 0.15) is 49.9 Å². The molecule has 1 aliphatic carbocycles. The van der Waals surface area contributed by atoms with Crippen molar-refractivity contribution < 1.29 is 22.7 Å². The number of carbonyl (C=O) groups excluding carboxylic acids is 1. The van der Waals surface area contributed by atoms with E-state index in [1.807, 2.05) is 4.90 Å². The number of amides is 1. The van der Waals surface area contributed by atoms with Crippen LogP contribution in [0.2, 0.25) is 0 Å². The highest BCUT2D eigenvalue weighted by Crippen LogP contribution is 2.32. The third-order valence-electron chi connectivity index (χ3n) is 6.55. The molecule has 0 spiro atoms. The number of ether oxygens (including phenoxy) is 1. The molecule has 1 aliphatic heterocycles. The summed E-state index contributed by atoms with van der Waals surface area (Å²) in [6.07, 6.45) is 0.191. The average Bonchev–Trinajstić information content (AvgIpc) is 3.37. The van der Waals surface area contributed by atoms with E-state index in [9.17, 15) is 18.0 Å². The van der Waals surface area contributed by atoms with Gasteiger partial charge >= 0.3 is 6.36 Å². The van der Waals surface area contributed by atoms with Gasteiger partial charge in [0.2, 0.25) is 17.8 Å². The molecule has 0 bridgehead atoms. The summed E-state index contributed by atoms with van der Waals surface area (Å²) in [7, 11) is 1.73. The molecule has 36 heavy (non-hydrogen) atoms. The van der Waals surface area contributed by atoms with Gasteiger partial charge in [-0.1, -0.05) is 12.5 Å². The largest absolute Gasteiger partial charge is 0.573 e. The van der Waals surface area contributed by atoms with Gasteiger partial charge in [0.25, 0.3) is 0 Å². The Labute approximate surface area is 208 Å². The van der Waals surface area contributed by atoms with Gasteiger partial charge in [0.05, 0.1) is 0 Å². The molecule has 2 atom stereocenters. The Bertz CT molecular complexity index is 1060. The zero-order valence-electron chi connectivity index (χ0n) is 20.5. The van der Waals surface area contributed by atoms with Gasteiger partial charge in [0, 0.05) is 56.0 Å². The van der Waals surface area contributed by atoms with Gasteiger partial charge in [-0.25, -0.2) is 0 Å². The summed E-state index contributed by atoms with van der Waals surface area (Å²) in [6.45, 7) is 3.34. The predicted molar refractivity (Wildman–Crippen MR) is 130 cm³/mol.